The summed E-state index contributed by atoms with van der Waals surface area (Å²) in [4.78, 5) is 12.0. The van der Waals surface area contributed by atoms with E-state index in [0.717, 1.165) is 0 Å². The predicted molar refractivity (Wildman–Crippen MR) is 85.2 cm³/mol. The molecule has 0 radical (unpaired) electrons. The van der Waals surface area contributed by atoms with Crippen LogP contribution in [0.1, 0.15) is 11.1 Å². The highest BCUT2D eigenvalue weighted by molar-refractivity contribution is 7.89. The van der Waals surface area contributed by atoms with Crippen LogP contribution >= 0.6 is 0 Å². The number of hydrogen-bond acceptors (Lipinski definition) is 4. The van der Waals surface area contributed by atoms with Crippen molar-refractivity contribution in [3.05, 3.63) is 53.6 Å². The second kappa shape index (κ2) is 4.97. The van der Waals surface area contributed by atoms with Crippen LogP contribution in [0.25, 0.3) is 11.6 Å². The van der Waals surface area contributed by atoms with Crippen LogP contribution in [0.3, 0.4) is 0 Å². The Bertz CT molecular complexity index is 917. The average molecular weight is 315 g/mol. The van der Waals surface area contributed by atoms with Gasteiger partial charge < -0.3 is 11.1 Å². The summed E-state index contributed by atoms with van der Waals surface area (Å²) in [6.45, 7) is 0. The molecule has 7 heteroatoms. The molecule has 0 aliphatic carbocycles. The number of carbonyl (C=O) groups excluding carboxylic acids is 1. The van der Waals surface area contributed by atoms with Gasteiger partial charge in [0.15, 0.2) is 0 Å². The highest BCUT2D eigenvalue weighted by Gasteiger charge is 2.24. The van der Waals surface area contributed by atoms with Gasteiger partial charge in [0.1, 0.15) is 0 Å². The Morgan fingerprint density at radius 1 is 1.09 bits per heavy atom. The Labute approximate surface area is 127 Å². The van der Waals surface area contributed by atoms with Gasteiger partial charge >= 0.3 is 0 Å². The van der Waals surface area contributed by atoms with Gasteiger partial charge in [-0.3, -0.25) is 4.79 Å². The summed E-state index contributed by atoms with van der Waals surface area (Å²) in [6, 6.07) is 11.4. The lowest BCUT2D eigenvalue weighted by molar-refractivity contribution is -0.110. The molecule has 2 aromatic carbocycles. The smallest absolute Gasteiger partial charge is 0.256 e. The normalized spacial score (nSPS) is 15.7. The highest BCUT2D eigenvalue weighted by atomic mass is 32.2. The minimum absolute atomic E-state index is 0.0774. The number of rotatable bonds is 2. The molecule has 0 saturated carbocycles. The Kier molecular flexibility index (Phi) is 3.23. The van der Waals surface area contributed by atoms with Gasteiger partial charge in [0.05, 0.1) is 4.90 Å². The first-order valence-electron chi connectivity index (χ1n) is 6.41. The zero-order valence-corrected chi connectivity index (χ0v) is 12.2. The van der Waals surface area contributed by atoms with Crippen molar-refractivity contribution in [1.29, 1.82) is 0 Å². The molecule has 0 bridgehead atoms. The van der Waals surface area contributed by atoms with Crippen molar-refractivity contribution in [3.8, 4) is 0 Å². The number of para-hydroxylation sites is 1. The van der Waals surface area contributed by atoms with E-state index in [9.17, 15) is 13.2 Å². The molecule has 1 amide bonds. The number of benzene rings is 2. The molecule has 0 fully saturated rings. The molecule has 22 heavy (non-hydrogen) atoms. The van der Waals surface area contributed by atoms with Crippen molar-refractivity contribution in [1.82, 2.24) is 0 Å². The lowest BCUT2D eigenvalue weighted by Crippen LogP contribution is -2.14. The zero-order valence-electron chi connectivity index (χ0n) is 11.4. The monoisotopic (exact) mass is 315 g/mol. The summed E-state index contributed by atoms with van der Waals surface area (Å²) in [5.41, 5.74) is 8.12. The number of primary sulfonamides is 1. The van der Waals surface area contributed by atoms with Crippen LogP contribution < -0.4 is 16.2 Å². The van der Waals surface area contributed by atoms with Gasteiger partial charge in [0, 0.05) is 22.5 Å². The predicted octanol–water partition coefficient (Wildman–Crippen LogP) is 1.41. The molecule has 1 aliphatic heterocycles. The van der Waals surface area contributed by atoms with E-state index in [1.165, 1.54) is 24.3 Å². The molecular weight excluding hydrogens is 302 g/mol. The van der Waals surface area contributed by atoms with E-state index in [2.05, 4.69) is 5.32 Å². The molecule has 0 unspecified atom stereocenters. The van der Waals surface area contributed by atoms with Crippen LogP contribution in [0.5, 0.6) is 0 Å². The van der Waals surface area contributed by atoms with Gasteiger partial charge in [0.2, 0.25) is 10.0 Å². The molecule has 2 aromatic rings. The topological polar surface area (TPSA) is 115 Å². The van der Waals surface area contributed by atoms with Crippen molar-refractivity contribution in [2.45, 2.75) is 4.90 Å². The zero-order chi connectivity index (χ0) is 15.9. The number of hydrogen-bond donors (Lipinski definition) is 3. The van der Waals surface area contributed by atoms with Crippen molar-refractivity contribution in [2.75, 3.05) is 11.1 Å². The van der Waals surface area contributed by atoms with E-state index in [1.54, 1.807) is 24.3 Å². The van der Waals surface area contributed by atoms with Crippen LogP contribution in [-0.4, -0.2) is 14.3 Å². The Hall–Kier alpha value is -2.64. The number of nitrogens with two attached hydrogens (primary N) is 2. The van der Waals surface area contributed by atoms with Crippen LogP contribution in [0.15, 0.2) is 47.4 Å². The summed E-state index contributed by atoms with van der Waals surface area (Å²) in [5, 5.41) is 7.93. The fourth-order valence-corrected chi connectivity index (χ4v) is 3.08. The third-order valence-corrected chi connectivity index (χ3v) is 4.34. The Balaban J connectivity index is 2.22. The molecule has 5 N–H and O–H groups in total. The summed E-state index contributed by atoms with van der Waals surface area (Å²) in [6.07, 6.45) is 1.48. The van der Waals surface area contributed by atoms with E-state index < -0.39 is 10.0 Å². The number of amides is 1. The summed E-state index contributed by atoms with van der Waals surface area (Å²) < 4.78 is 23.3. The molecule has 1 heterocycles. The summed E-state index contributed by atoms with van der Waals surface area (Å²) in [7, 11) is -3.92. The fraction of sp³-hybridized carbons (Fsp3) is 0. The van der Waals surface area contributed by atoms with Gasteiger partial charge in [-0.1, -0.05) is 18.2 Å². The molecule has 112 valence electrons. The minimum Gasteiger partial charge on any atom is -0.399 e. The molecular formula is C15H13N3O3S. The van der Waals surface area contributed by atoms with Gasteiger partial charge in [-0.15, -0.1) is 0 Å². The maximum absolute atomic E-state index is 12.1. The first-order valence-corrected chi connectivity index (χ1v) is 7.96. The molecule has 3 rings (SSSR count). The molecule has 0 saturated heterocycles. The van der Waals surface area contributed by atoms with Crippen LogP contribution in [0, 0.1) is 0 Å². The Morgan fingerprint density at radius 2 is 1.82 bits per heavy atom. The van der Waals surface area contributed by atoms with Crippen molar-refractivity contribution >= 4 is 39.0 Å². The van der Waals surface area contributed by atoms with E-state index in [4.69, 9.17) is 10.9 Å². The largest absolute Gasteiger partial charge is 0.399 e. The lowest BCUT2D eigenvalue weighted by Gasteiger charge is -2.06. The number of nitrogens with one attached hydrogen (secondary N) is 1. The highest BCUT2D eigenvalue weighted by Crippen LogP contribution is 2.33. The van der Waals surface area contributed by atoms with Crippen LogP contribution in [0.2, 0.25) is 0 Å². The number of carbonyl (C=O) groups is 1. The van der Waals surface area contributed by atoms with Gasteiger partial charge in [-0.25, -0.2) is 13.6 Å². The standard InChI is InChI=1S/C15H13N3O3S/c16-10-5-6-14(22(17,20)21)9(7-10)8-12-11-3-1-2-4-13(11)18-15(12)19/h1-8H,16H2,(H,18,19)(H2,17,20,21). The van der Waals surface area contributed by atoms with Crippen molar-refractivity contribution < 1.29 is 13.2 Å². The molecule has 0 atom stereocenters. The maximum atomic E-state index is 12.1. The minimum atomic E-state index is -3.92. The summed E-state index contributed by atoms with van der Waals surface area (Å²) in [5.74, 6) is -0.302. The van der Waals surface area contributed by atoms with Crippen molar-refractivity contribution in [3.63, 3.8) is 0 Å². The van der Waals surface area contributed by atoms with E-state index in [-0.39, 0.29) is 16.4 Å². The van der Waals surface area contributed by atoms with Crippen LogP contribution in [0.4, 0.5) is 11.4 Å². The quantitative estimate of drug-likeness (QED) is 0.574. The number of nitrogen functional groups attached to an aromatic ring is 1. The molecule has 6 nitrogen and oxygen atoms in total. The van der Waals surface area contributed by atoms with E-state index in [1.807, 2.05) is 0 Å². The lowest BCUT2D eigenvalue weighted by atomic mass is 10.0. The van der Waals surface area contributed by atoms with E-state index >= 15 is 0 Å². The number of sulfonamides is 1. The molecule has 0 aromatic heterocycles. The van der Waals surface area contributed by atoms with Gasteiger partial charge in [0.25, 0.3) is 5.91 Å². The molecule has 1 aliphatic rings. The van der Waals surface area contributed by atoms with Gasteiger partial charge in [-0.2, -0.15) is 0 Å². The van der Waals surface area contributed by atoms with Crippen LogP contribution in [-0.2, 0) is 14.8 Å². The van der Waals surface area contributed by atoms with Gasteiger partial charge in [-0.05, 0) is 35.9 Å². The second-order valence-corrected chi connectivity index (χ2v) is 6.43. The third-order valence-electron chi connectivity index (χ3n) is 3.35. The van der Waals surface area contributed by atoms with Crippen molar-refractivity contribution in [2.24, 2.45) is 5.14 Å². The first kappa shape index (κ1) is 14.3. The maximum Gasteiger partial charge on any atom is 0.256 e. The SMILES string of the molecule is Nc1ccc(S(N)(=O)=O)c(C=C2C(=O)Nc3ccccc32)c1. The Morgan fingerprint density at radius 3 is 2.55 bits per heavy atom. The first-order chi connectivity index (χ1) is 10.4. The second-order valence-electron chi connectivity index (χ2n) is 4.90. The average Bonchev–Trinajstić information content (AvgIpc) is 2.74. The summed E-state index contributed by atoms with van der Waals surface area (Å²) >= 11 is 0. The number of anilines is 2. The fourth-order valence-electron chi connectivity index (χ4n) is 2.38. The van der Waals surface area contributed by atoms with E-state index in [0.29, 0.717) is 22.5 Å². The number of fused-ring (bicyclic) bond motifs is 1. The molecule has 0 spiro atoms. The third kappa shape index (κ3) is 2.47.